The zero-order valence-electron chi connectivity index (χ0n) is 10.5. The van der Waals surface area contributed by atoms with Crippen LogP contribution in [-0.2, 0) is 0 Å². The van der Waals surface area contributed by atoms with Crippen LogP contribution in [0, 0.1) is 11.8 Å². The molecule has 3 nitrogen and oxygen atoms in total. The lowest BCUT2D eigenvalue weighted by atomic mass is 10.1. The van der Waals surface area contributed by atoms with Gasteiger partial charge in [-0.15, -0.1) is 0 Å². The molecule has 2 atom stereocenters. The van der Waals surface area contributed by atoms with Crippen molar-refractivity contribution in [1.82, 2.24) is 15.1 Å². The number of piperazine rings is 1. The lowest BCUT2D eigenvalue weighted by Crippen LogP contribution is -2.52. The predicted octanol–water partition coefficient (Wildman–Crippen LogP) is 0.622. The third kappa shape index (κ3) is 2.58. The van der Waals surface area contributed by atoms with Crippen LogP contribution in [-0.4, -0.2) is 62.2 Å². The summed E-state index contributed by atoms with van der Waals surface area (Å²) in [4.78, 5) is 5.19. The fraction of sp³-hybridized carbons (Fsp3) is 1.00. The first-order valence-corrected chi connectivity index (χ1v) is 6.95. The molecular weight excluding hydrogens is 198 g/mol. The minimum absolute atomic E-state index is 0.813. The lowest BCUT2D eigenvalue weighted by molar-refractivity contribution is 0.165. The van der Waals surface area contributed by atoms with Crippen molar-refractivity contribution >= 4 is 0 Å². The predicted molar refractivity (Wildman–Crippen MR) is 66.6 cm³/mol. The van der Waals surface area contributed by atoms with Crippen LogP contribution in [0.4, 0.5) is 0 Å². The van der Waals surface area contributed by atoms with Crippen molar-refractivity contribution in [2.24, 2.45) is 11.8 Å². The molecule has 92 valence electrons. The third-order valence-corrected chi connectivity index (χ3v) is 4.49. The van der Waals surface area contributed by atoms with E-state index in [4.69, 9.17) is 0 Å². The van der Waals surface area contributed by atoms with E-state index in [0.717, 1.165) is 17.9 Å². The number of hydrogen-bond donors (Lipinski definition) is 1. The maximum absolute atomic E-state index is 3.69. The number of rotatable bonds is 3. The average Bonchev–Trinajstić information content (AvgIpc) is 3.05. The molecule has 3 rings (SSSR count). The summed E-state index contributed by atoms with van der Waals surface area (Å²) in [5, 5.41) is 3.69. The van der Waals surface area contributed by atoms with Crippen LogP contribution in [0.3, 0.4) is 0 Å². The molecule has 1 saturated carbocycles. The molecule has 2 aliphatic heterocycles. The SMILES string of the molecule is CN1CCC(CN2CCNC(C3CC3)C2)C1. The van der Waals surface area contributed by atoms with Gasteiger partial charge in [0.05, 0.1) is 0 Å². The summed E-state index contributed by atoms with van der Waals surface area (Å²) in [7, 11) is 2.25. The molecule has 2 unspecified atom stereocenters. The molecule has 2 heterocycles. The Balaban J connectivity index is 1.46. The Bertz CT molecular complexity index is 239. The Morgan fingerprint density at radius 3 is 2.69 bits per heavy atom. The summed E-state index contributed by atoms with van der Waals surface area (Å²) in [6.45, 7) is 7.76. The number of nitrogens with one attached hydrogen (secondary N) is 1. The van der Waals surface area contributed by atoms with Gasteiger partial charge in [-0.1, -0.05) is 0 Å². The first-order valence-electron chi connectivity index (χ1n) is 6.95. The highest BCUT2D eigenvalue weighted by atomic mass is 15.2. The second kappa shape index (κ2) is 4.63. The van der Waals surface area contributed by atoms with Crippen molar-refractivity contribution in [3.8, 4) is 0 Å². The second-order valence-electron chi connectivity index (χ2n) is 6.07. The normalized spacial score (nSPS) is 38.1. The van der Waals surface area contributed by atoms with Crippen LogP contribution >= 0.6 is 0 Å². The number of nitrogens with zero attached hydrogens (tertiary/aromatic N) is 2. The van der Waals surface area contributed by atoms with Crippen LogP contribution in [0.25, 0.3) is 0 Å². The Morgan fingerprint density at radius 2 is 2.00 bits per heavy atom. The summed E-state index contributed by atoms with van der Waals surface area (Å²) in [5.74, 6) is 1.94. The molecule has 16 heavy (non-hydrogen) atoms. The molecule has 2 saturated heterocycles. The van der Waals surface area contributed by atoms with Gasteiger partial charge >= 0.3 is 0 Å². The van der Waals surface area contributed by atoms with Crippen molar-refractivity contribution in [3.63, 3.8) is 0 Å². The van der Waals surface area contributed by atoms with E-state index in [1.165, 1.54) is 58.5 Å². The maximum Gasteiger partial charge on any atom is 0.0223 e. The summed E-state index contributed by atoms with van der Waals surface area (Å²) in [6.07, 6.45) is 4.35. The van der Waals surface area contributed by atoms with E-state index >= 15 is 0 Å². The topological polar surface area (TPSA) is 18.5 Å². The van der Waals surface area contributed by atoms with Gasteiger partial charge in [0, 0.05) is 38.8 Å². The van der Waals surface area contributed by atoms with E-state index in [0.29, 0.717) is 0 Å². The van der Waals surface area contributed by atoms with Crippen molar-refractivity contribution in [2.45, 2.75) is 25.3 Å². The first-order chi connectivity index (χ1) is 7.81. The molecule has 0 aromatic heterocycles. The van der Waals surface area contributed by atoms with Gasteiger partial charge in [0.2, 0.25) is 0 Å². The summed E-state index contributed by atoms with van der Waals surface area (Å²) in [5.41, 5.74) is 0. The van der Waals surface area contributed by atoms with Gasteiger partial charge < -0.3 is 15.1 Å². The van der Waals surface area contributed by atoms with Gasteiger partial charge in [-0.25, -0.2) is 0 Å². The lowest BCUT2D eigenvalue weighted by Gasteiger charge is -2.35. The van der Waals surface area contributed by atoms with E-state index in [1.54, 1.807) is 0 Å². The van der Waals surface area contributed by atoms with E-state index in [-0.39, 0.29) is 0 Å². The van der Waals surface area contributed by atoms with Crippen LogP contribution in [0.1, 0.15) is 19.3 Å². The van der Waals surface area contributed by atoms with Crippen molar-refractivity contribution in [3.05, 3.63) is 0 Å². The molecule has 3 fully saturated rings. The highest BCUT2D eigenvalue weighted by Crippen LogP contribution is 2.33. The Labute approximate surface area is 99.2 Å². The maximum atomic E-state index is 3.69. The molecule has 3 heteroatoms. The van der Waals surface area contributed by atoms with Gasteiger partial charge in [-0.3, -0.25) is 0 Å². The molecule has 1 N–H and O–H groups in total. The van der Waals surface area contributed by atoms with Crippen molar-refractivity contribution in [2.75, 3.05) is 46.3 Å². The minimum Gasteiger partial charge on any atom is -0.311 e. The average molecular weight is 223 g/mol. The Kier molecular flexibility index (Phi) is 3.18. The monoisotopic (exact) mass is 223 g/mol. The highest BCUT2D eigenvalue weighted by molar-refractivity contribution is 4.92. The Morgan fingerprint density at radius 1 is 1.12 bits per heavy atom. The van der Waals surface area contributed by atoms with E-state index < -0.39 is 0 Å². The van der Waals surface area contributed by atoms with E-state index in [9.17, 15) is 0 Å². The summed E-state index contributed by atoms with van der Waals surface area (Å²) in [6, 6.07) is 0.813. The van der Waals surface area contributed by atoms with Gasteiger partial charge in [-0.2, -0.15) is 0 Å². The minimum atomic E-state index is 0.813. The summed E-state index contributed by atoms with van der Waals surface area (Å²) >= 11 is 0. The zero-order chi connectivity index (χ0) is 11.0. The van der Waals surface area contributed by atoms with E-state index in [2.05, 4.69) is 22.2 Å². The van der Waals surface area contributed by atoms with E-state index in [1.807, 2.05) is 0 Å². The van der Waals surface area contributed by atoms with Crippen LogP contribution in [0.5, 0.6) is 0 Å². The van der Waals surface area contributed by atoms with Gasteiger partial charge in [0.15, 0.2) is 0 Å². The van der Waals surface area contributed by atoms with Gasteiger partial charge in [0.25, 0.3) is 0 Å². The number of hydrogen-bond acceptors (Lipinski definition) is 3. The molecule has 0 aromatic carbocycles. The fourth-order valence-electron chi connectivity index (χ4n) is 3.36. The molecule has 0 bridgehead atoms. The Hall–Kier alpha value is -0.120. The number of likely N-dealkylation sites (tertiary alicyclic amines) is 1. The molecule has 1 aliphatic carbocycles. The molecule has 3 aliphatic rings. The molecule has 0 aromatic rings. The molecular formula is C13H25N3. The third-order valence-electron chi connectivity index (χ3n) is 4.49. The molecule has 0 spiro atoms. The molecule has 0 radical (unpaired) electrons. The smallest absolute Gasteiger partial charge is 0.0223 e. The second-order valence-corrected chi connectivity index (χ2v) is 6.07. The molecule has 0 amide bonds. The van der Waals surface area contributed by atoms with Crippen molar-refractivity contribution < 1.29 is 0 Å². The van der Waals surface area contributed by atoms with Crippen LogP contribution < -0.4 is 5.32 Å². The van der Waals surface area contributed by atoms with Crippen molar-refractivity contribution in [1.29, 1.82) is 0 Å². The standard InChI is InChI=1S/C13H25N3/c1-15-6-4-11(8-15)9-16-7-5-14-13(10-16)12-2-3-12/h11-14H,2-10H2,1H3. The largest absolute Gasteiger partial charge is 0.311 e. The zero-order valence-corrected chi connectivity index (χ0v) is 10.5. The summed E-state index contributed by atoms with van der Waals surface area (Å²) < 4.78 is 0. The van der Waals surface area contributed by atoms with Crippen LogP contribution in [0.2, 0.25) is 0 Å². The first kappa shape index (κ1) is 11.0. The van der Waals surface area contributed by atoms with Gasteiger partial charge in [-0.05, 0) is 44.7 Å². The quantitative estimate of drug-likeness (QED) is 0.757. The highest BCUT2D eigenvalue weighted by Gasteiger charge is 2.34. The van der Waals surface area contributed by atoms with Gasteiger partial charge in [0.1, 0.15) is 0 Å². The van der Waals surface area contributed by atoms with Crippen LogP contribution in [0.15, 0.2) is 0 Å². The fourth-order valence-corrected chi connectivity index (χ4v) is 3.36.